The molecule has 0 saturated heterocycles. The molecule has 5 nitrogen and oxygen atoms in total. The van der Waals surface area contributed by atoms with E-state index in [0.717, 1.165) is 33.7 Å². The van der Waals surface area contributed by atoms with Crippen molar-refractivity contribution in [3.63, 3.8) is 0 Å². The Kier molecular flexibility index (Phi) is 4.49. The number of fused-ring (bicyclic) bond motifs is 1. The van der Waals surface area contributed by atoms with E-state index in [9.17, 15) is 9.59 Å². The van der Waals surface area contributed by atoms with Gasteiger partial charge in [-0.2, -0.15) is 0 Å². The Morgan fingerprint density at radius 3 is 2.36 bits per heavy atom. The summed E-state index contributed by atoms with van der Waals surface area (Å²) < 4.78 is 5.18. The molecule has 1 heterocycles. The second-order valence-electron chi connectivity index (χ2n) is 6.37. The van der Waals surface area contributed by atoms with Gasteiger partial charge in [0.15, 0.2) is 0 Å². The third kappa shape index (κ3) is 3.09. The van der Waals surface area contributed by atoms with Gasteiger partial charge in [0.25, 0.3) is 5.91 Å². The number of carbonyl (C=O) groups excluding carboxylic acids is 2. The van der Waals surface area contributed by atoms with E-state index in [1.807, 2.05) is 50.2 Å². The van der Waals surface area contributed by atoms with Gasteiger partial charge in [0.05, 0.1) is 19.3 Å². The molecule has 0 saturated carbocycles. The fourth-order valence-electron chi connectivity index (χ4n) is 3.34. The van der Waals surface area contributed by atoms with Crippen molar-refractivity contribution in [2.24, 2.45) is 0 Å². The maximum atomic E-state index is 13.0. The van der Waals surface area contributed by atoms with Crippen molar-refractivity contribution >= 4 is 17.5 Å². The van der Waals surface area contributed by atoms with Crippen molar-refractivity contribution in [2.75, 3.05) is 12.0 Å². The molecule has 0 spiro atoms. The van der Waals surface area contributed by atoms with Crippen LogP contribution < -0.4 is 15.0 Å². The Morgan fingerprint density at radius 2 is 1.76 bits per heavy atom. The quantitative estimate of drug-likeness (QED) is 0.932. The molecule has 0 fully saturated rings. The molecule has 1 aliphatic heterocycles. The maximum absolute atomic E-state index is 13.0. The molecule has 2 amide bonds. The Morgan fingerprint density at radius 1 is 1.12 bits per heavy atom. The summed E-state index contributed by atoms with van der Waals surface area (Å²) in [6.07, 6.45) is 0. The molecule has 5 heteroatoms. The van der Waals surface area contributed by atoms with Crippen molar-refractivity contribution in [1.82, 2.24) is 5.32 Å². The fourth-order valence-corrected chi connectivity index (χ4v) is 3.34. The summed E-state index contributed by atoms with van der Waals surface area (Å²) in [4.78, 5) is 26.4. The highest BCUT2D eigenvalue weighted by Crippen LogP contribution is 2.41. The van der Waals surface area contributed by atoms with Gasteiger partial charge in [-0.25, -0.2) is 0 Å². The van der Waals surface area contributed by atoms with E-state index in [-0.39, 0.29) is 11.8 Å². The summed E-state index contributed by atoms with van der Waals surface area (Å²) in [6.45, 7) is 5.85. The number of hydrogen-bond acceptors (Lipinski definition) is 3. The Hall–Kier alpha value is -2.82. The Labute approximate surface area is 147 Å². The zero-order valence-electron chi connectivity index (χ0n) is 14.9. The Balaban J connectivity index is 2.01. The smallest absolute Gasteiger partial charge is 0.254 e. The molecule has 2 aromatic rings. The number of rotatable bonds is 4. The monoisotopic (exact) mass is 338 g/mol. The number of carbonyl (C=O) groups is 2. The van der Waals surface area contributed by atoms with Crippen LogP contribution in [0.1, 0.15) is 35.2 Å². The first-order chi connectivity index (χ1) is 11.9. The number of aryl methyl sites for hydroxylation is 2. The van der Waals surface area contributed by atoms with Gasteiger partial charge in [-0.1, -0.05) is 24.3 Å². The van der Waals surface area contributed by atoms with Crippen LogP contribution in [0.2, 0.25) is 0 Å². The molecule has 1 aliphatic rings. The summed E-state index contributed by atoms with van der Waals surface area (Å²) >= 11 is 0. The molecule has 130 valence electrons. The van der Waals surface area contributed by atoms with Gasteiger partial charge in [0.1, 0.15) is 11.8 Å². The van der Waals surface area contributed by atoms with E-state index in [0.29, 0.717) is 6.54 Å². The van der Waals surface area contributed by atoms with Gasteiger partial charge in [-0.05, 0) is 42.7 Å². The summed E-state index contributed by atoms with van der Waals surface area (Å²) in [7, 11) is 1.62. The van der Waals surface area contributed by atoms with Crippen LogP contribution in [0.15, 0.2) is 36.4 Å². The fraction of sp³-hybridized carbons (Fsp3) is 0.300. The number of benzene rings is 2. The molecule has 1 N–H and O–H groups in total. The number of hydrogen-bond donors (Lipinski definition) is 1. The van der Waals surface area contributed by atoms with Crippen LogP contribution in [-0.2, 0) is 16.1 Å². The number of anilines is 1. The topological polar surface area (TPSA) is 58.6 Å². The minimum absolute atomic E-state index is 0.0987. The van der Waals surface area contributed by atoms with E-state index >= 15 is 0 Å². The molecule has 1 atom stereocenters. The molecule has 25 heavy (non-hydrogen) atoms. The van der Waals surface area contributed by atoms with E-state index in [1.165, 1.54) is 6.92 Å². The lowest BCUT2D eigenvalue weighted by atomic mass is 9.99. The van der Waals surface area contributed by atoms with Crippen molar-refractivity contribution in [3.8, 4) is 5.75 Å². The number of nitrogens with one attached hydrogen (secondary N) is 1. The molecule has 0 aliphatic carbocycles. The van der Waals surface area contributed by atoms with E-state index < -0.39 is 6.04 Å². The van der Waals surface area contributed by atoms with Gasteiger partial charge in [0, 0.05) is 12.5 Å². The SMILES string of the molecule is COc1ccc(CN2C(=O)[C@H](NC(C)=O)c3c(C)ccc(C)c32)cc1. The van der Waals surface area contributed by atoms with Gasteiger partial charge >= 0.3 is 0 Å². The lowest BCUT2D eigenvalue weighted by Crippen LogP contribution is -2.36. The van der Waals surface area contributed by atoms with E-state index in [2.05, 4.69) is 5.32 Å². The van der Waals surface area contributed by atoms with Gasteiger partial charge in [-0.15, -0.1) is 0 Å². The predicted octanol–water partition coefficient (Wildman–Crippen LogP) is 3.04. The third-order valence-corrected chi connectivity index (χ3v) is 4.56. The lowest BCUT2D eigenvalue weighted by molar-refractivity contribution is -0.126. The molecule has 0 bridgehead atoms. The molecule has 0 unspecified atom stereocenters. The zero-order valence-corrected chi connectivity index (χ0v) is 14.9. The largest absolute Gasteiger partial charge is 0.497 e. The van der Waals surface area contributed by atoms with Crippen LogP contribution in [0.25, 0.3) is 0 Å². The highest BCUT2D eigenvalue weighted by atomic mass is 16.5. The van der Waals surface area contributed by atoms with Gasteiger partial charge in [0.2, 0.25) is 5.91 Å². The first kappa shape index (κ1) is 17.0. The summed E-state index contributed by atoms with van der Waals surface area (Å²) in [5.74, 6) is 0.468. The van der Waals surface area contributed by atoms with Gasteiger partial charge in [-0.3, -0.25) is 9.59 Å². The highest BCUT2D eigenvalue weighted by Gasteiger charge is 2.39. The van der Waals surface area contributed by atoms with Crippen molar-refractivity contribution in [3.05, 3.63) is 58.7 Å². The van der Waals surface area contributed by atoms with Crippen molar-refractivity contribution in [1.29, 1.82) is 0 Å². The lowest BCUT2D eigenvalue weighted by Gasteiger charge is -2.20. The average Bonchev–Trinajstić information content (AvgIpc) is 2.85. The van der Waals surface area contributed by atoms with Crippen molar-refractivity contribution in [2.45, 2.75) is 33.4 Å². The normalized spacial score (nSPS) is 15.9. The van der Waals surface area contributed by atoms with E-state index in [1.54, 1.807) is 12.0 Å². The molecular weight excluding hydrogens is 316 g/mol. The van der Waals surface area contributed by atoms with Gasteiger partial charge < -0.3 is 15.0 Å². The first-order valence-corrected chi connectivity index (χ1v) is 8.24. The van der Waals surface area contributed by atoms with Crippen LogP contribution in [0.4, 0.5) is 5.69 Å². The first-order valence-electron chi connectivity index (χ1n) is 8.24. The van der Waals surface area contributed by atoms with E-state index in [4.69, 9.17) is 4.74 Å². The predicted molar refractivity (Wildman–Crippen MR) is 96.7 cm³/mol. The number of ether oxygens (including phenoxy) is 1. The molecule has 3 rings (SSSR count). The second-order valence-corrected chi connectivity index (χ2v) is 6.37. The molecule has 0 radical (unpaired) electrons. The third-order valence-electron chi connectivity index (χ3n) is 4.56. The summed E-state index contributed by atoms with van der Waals surface area (Å²) in [5.41, 5.74) is 4.83. The maximum Gasteiger partial charge on any atom is 0.254 e. The second kappa shape index (κ2) is 6.59. The number of methoxy groups -OCH3 is 1. The standard InChI is InChI=1S/C20H22N2O3/c1-12-5-6-13(2)19-17(12)18(21-14(3)23)20(24)22(19)11-15-7-9-16(25-4)10-8-15/h5-10,18H,11H2,1-4H3,(H,21,23)/t18-/m1/s1. The average molecular weight is 338 g/mol. The molecular formula is C20H22N2O3. The number of amides is 2. The molecule has 2 aromatic carbocycles. The molecule has 0 aromatic heterocycles. The number of nitrogens with zero attached hydrogens (tertiary/aromatic N) is 1. The minimum Gasteiger partial charge on any atom is -0.497 e. The van der Waals surface area contributed by atoms with Crippen LogP contribution in [0.5, 0.6) is 5.75 Å². The summed E-state index contributed by atoms with van der Waals surface area (Å²) in [6, 6.07) is 11.0. The van der Waals surface area contributed by atoms with Crippen LogP contribution in [0.3, 0.4) is 0 Å². The zero-order chi connectivity index (χ0) is 18.1. The highest BCUT2D eigenvalue weighted by molar-refractivity contribution is 6.07. The van der Waals surface area contributed by atoms with Crippen LogP contribution >= 0.6 is 0 Å². The minimum atomic E-state index is -0.620. The Bertz CT molecular complexity index is 828. The van der Waals surface area contributed by atoms with Crippen LogP contribution in [-0.4, -0.2) is 18.9 Å². The summed E-state index contributed by atoms with van der Waals surface area (Å²) in [5, 5.41) is 2.80. The van der Waals surface area contributed by atoms with Crippen LogP contribution in [0, 0.1) is 13.8 Å². The van der Waals surface area contributed by atoms with Crippen molar-refractivity contribution < 1.29 is 14.3 Å².